The van der Waals surface area contributed by atoms with Gasteiger partial charge in [0.05, 0.1) is 5.60 Å². The van der Waals surface area contributed by atoms with Crippen molar-refractivity contribution in [2.75, 3.05) is 6.54 Å². The fourth-order valence-electron chi connectivity index (χ4n) is 1.31. The van der Waals surface area contributed by atoms with Gasteiger partial charge in [0.25, 0.3) is 0 Å². The smallest absolute Gasteiger partial charge is 0.246 e. The van der Waals surface area contributed by atoms with E-state index >= 15 is 0 Å². The number of hydrogen-bond acceptors (Lipinski definition) is 5. The van der Waals surface area contributed by atoms with Gasteiger partial charge in [-0.2, -0.15) is 0 Å². The van der Waals surface area contributed by atoms with E-state index < -0.39 is 15.6 Å². The molecule has 0 radical (unpaired) electrons. The van der Waals surface area contributed by atoms with Crippen molar-refractivity contribution in [1.29, 1.82) is 0 Å². The second kappa shape index (κ2) is 4.75. The Labute approximate surface area is 101 Å². The highest BCUT2D eigenvalue weighted by Gasteiger charge is 2.27. The normalized spacial score (nSPS) is 15.8. The largest absolute Gasteiger partial charge is 0.389 e. The second-order valence-corrected chi connectivity index (χ2v) is 6.03. The van der Waals surface area contributed by atoms with Crippen molar-refractivity contribution < 1.29 is 18.0 Å². The Bertz CT molecular complexity index is 471. The Kier molecular flexibility index (Phi) is 3.95. The molecule has 0 bridgehead atoms. The van der Waals surface area contributed by atoms with Crippen LogP contribution in [0.3, 0.4) is 0 Å². The minimum atomic E-state index is -3.69. The number of hydrogen-bond donors (Lipinski definition) is 2. The Morgan fingerprint density at radius 2 is 2.06 bits per heavy atom. The predicted molar refractivity (Wildman–Crippen MR) is 62.1 cm³/mol. The van der Waals surface area contributed by atoms with E-state index in [4.69, 9.17) is 4.52 Å². The molecule has 2 N–H and O–H groups in total. The van der Waals surface area contributed by atoms with Crippen LogP contribution in [0, 0.1) is 13.8 Å². The molecule has 1 aromatic heterocycles. The molecule has 1 rings (SSSR count). The number of aromatic nitrogens is 1. The molecule has 0 aromatic carbocycles. The maximum Gasteiger partial charge on any atom is 0.246 e. The van der Waals surface area contributed by atoms with Crippen LogP contribution in [0.1, 0.15) is 31.7 Å². The summed E-state index contributed by atoms with van der Waals surface area (Å²) in [5.41, 5.74) is -0.752. The second-order valence-electron chi connectivity index (χ2n) is 4.33. The van der Waals surface area contributed by atoms with Crippen LogP contribution in [0.25, 0.3) is 0 Å². The molecule has 7 heteroatoms. The third-order valence-electron chi connectivity index (χ3n) is 2.64. The molecule has 0 aliphatic carbocycles. The topological polar surface area (TPSA) is 92.4 Å². The average molecular weight is 262 g/mol. The molecule has 0 aliphatic rings. The fraction of sp³-hybridized carbons (Fsp3) is 0.700. The van der Waals surface area contributed by atoms with Gasteiger partial charge in [-0.1, -0.05) is 12.1 Å². The maximum absolute atomic E-state index is 12.0. The predicted octanol–water partition coefficient (Wildman–Crippen LogP) is 0.731. The van der Waals surface area contributed by atoms with Crippen molar-refractivity contribution in [3.8, 4) is 0 Å². The highest BCUT2D eigenvalue weighted by atomic mass is 32.2. The van der Waals surface area contributed by atoms with E-state index in [-0.39, 0.29) is 17.2 Å². The molecule has 6 nitrogen and oxygen atoms in total. The van der Waals surface area contributed by atoms with Crippen molar-refractivity contribution in [3.05, 3.63) is 11.5 Å². The molecule has 0 amide bonds. The van der Waals surface area contributed by atoms with Gasteiger partial charge in [0.15, 0.2) is 5.76 Å². The maximum atomic E-state index is 12.0. The van der Waals surface area contributed by atoms with Gasteiger partial charge in [0, 0.05) is 6.54 Å². The van der Waals surface area contributed by atoms with Crippen molar-refractivity contribution >= 4 is 10.0 Å². The molecule has 0 fully saturated rings. The van der Waals surface area contributed by atoms with Gasteiger partial charge in [-0.25, -0.2) is 13.1 Å². The molecule has 1 aromatic rings. The van der Waals surface area contributed by atoms with Gasteiger partial charge >= 0.3 is 0 Å². The molecule has 0 saturated heterocycles. The number of rotatable bonds is 5. The SMILES string of the molecule is CCC(C)(O)CNS(=O)(=O)c1c(C)noc1C. The van der Waals surface area contributed by atoms with E-state index in [0.717, 1.165) is 0 Å². The summed E-state index contributed by atoms with van der Waals surface area (Å²) < 4.78 is 31.1. The lowest BCUT2D eigenvalue weighted by Crippen LogP contribution is -2.40. The minimum absolute atomic E-state index is 0.0457. The van der Waals surface area contributed by atoms with Crippen LogP contribution < -0.4 is 4.72 Å². The van der Waals surface area contributed by atoms with E-state index in [2.05, 4.69) is 9.88 Å². The molecular formula is C10H18N2O4S. The summed E-state index contributed by atoms with van der Waals surface area (Å²) in [5, 5.41) is 13.3. The molecule has 17 heavy (non-hydrogen) atoms. The lowest BCUT2D eigenvalue weighted by atomic mass is 10.1. The van der Waals surface area contributed by atoms with Gasteiger partial charge in [-0.15, -0.1) is 0 Å². The summed E-state index contributed by atoms with van der Waals surface area (Å²) in [6.07, 6.45) is 0.455. The Morgan fingerprint density at radius 1 is 1.47 bits per heavy atom. The number of nitrogens with zero attached hydrogens (tertiary/aromatic N) is 1. The van der Waals surface area contributed by atoms with Gasteiger partial charge < -0.3 is 9.63 Å². The molecule has 0 spiro atoms. The monoisotopic (exact) mass is 262 g/mol. The van der Waals surface area contributed by atoms with Crippen LogP contribution in [-0.4, -0.2) is 30.8 Å². The van der Waals surface area contributed by atoms with E-state index in [1.165, 1.54) is 6.92 Å². The van der Waals surface area contributed by atoms with E-state index in [1.54, 1.807) is 20.8 Å². The molecule has 1 unspecified atom stereocenters. The summed E-state index contributed by atoms with van der Waals surface area (Å²) in [5.74, 6) is 0.242. The van der Waals surface area contributed by atoms with Gasteiger partial charge in [0.2, 0.25) is 10.0 Å². The van der Waals surface area contributed by atoms with Gasteiger partial charge in [-0.3, -0.25) is 0 Å². The molecule has 0 saturated carbocycles. The first-order chi connectivity index (χ1) is 7.69. The van der Waals surface area contributed by atoms with Crippen molar-refractivity contribution in [2.24, 2.45) is 0 Å². The highest BCUT2D eigenvalue weighted by Crippen LogP contribution is 2.19. The van der Waals surface area contributed by atoms with Crippen molar-refractivity contribution in [3.63, 3.8) is 0 Å². The number of nitrogens with one attached hydrogen (secondary N) is 1. The van der Waals surface area contributed by atoms with Crippen LogP contribution in [0.2, 0.25) is 0 Å². The quantitative estimate of drug-likeness (QED) is 0.816. The van der Waals surface area contributed by atoms with E-state index in [9.17, 15) is 13.5 Å². The molecule has 1 atom stereocenters. The number of aryl methyl sites for hydroxylation is 2. The third kappa shape index (κ3) is 3.27. The first-order valence-electron chi connectivity index (χ1n) is 5.34. The summed E-state index contributed by atoms with van der Waals surface area (Å²) in [6, 6.07) is 0. The summed E-state index contributed by atoms with van der Waals surface area (Å²) in [4.78, 5) is 0.0457. The zero-order valence-electron chi connectivity index (χ0n) is 10.4. The summed E-state index contributed by atoms with van der Waals surface area (Å²) in [6.45, 7) is 6.40. The van der Waals surface area contributed by atoms with Gasteiger partial charge in [0.1, 0.15) is 10.6 Å². The average Bonchev–Trinajstić information content (AvgIpc) is 2.57. The standard InChI is InChI=1S/C10H18N2O4S/c1-5-10(4,13)6-11-17(14,15)9-7(2)12-16-8(9)3/h11,13H,5-6H2,1-4H3. The van der Waals surface area contributed by atoms with Crippen molar-refractivity contribution in [2.45, 2.75) is 44.6 Å². The molecule has 1 heterocycles. The fourth-order valence-corrected chi connectivity index (χ4v) is 2.79. The molecule has 98 valence electrons. The van der Waals surface area contributed by atoms with E-state index in [0.29, 0.717) is 12.1 Å². The van der Waals surface area contributed by atoms with E-state index in [1.807, 2.05) is 0 Å². The minimum Gasteiger partial charge on any atom is -0.389 e. The number of sulfonamides is 1. The van der Waals surface area contributed by atoms with Crippen LogP contribution in [0.15, 0.2) is 9.42 Å². The first-order valence-corrected chi connectivity index (χ1v) is 6.83. The molecule has 0 aliphatic heterocycles. The third-order valence-corrected chi connectivity index (χ3v) is 4.29. The molecular weight excluding hydrogens is 244 g/mol. The summed E-state index contributed by atoms with van der Waals surface area (Å²) >= 11 is 0. The Balaban J connectivity index is 2.91. The Hall–Kier alpha value is -0.920. The van der Waals surface area contributed by atoms with Crippen LogP contribution in [-0.2, 0) is 10.0 Å². The first kappa shape index (κ1) is 14.1. The van der Waals surface area contributed by atoms with Crippen LogP contribution >= 0.6 is 0 Å². The zero-order chi connectivity index (χ0) is 13.3. The van der Waals surface area contributed by atoms with Crippen LogP contribution in [0.4, 0.5) is 0 Å². The van der Waals surface area contributed by atoms with Gasteiger partial charge in [-0.05, 0) is 27.2 Å². The zero-order valence-corrected chi connectivity index (χ0v) is 11.3. The lowest BCUT2D eigenvalue weighted by Gasteiger charge is -2.21. The van der Waals surface area contributed by atoms with Crippen molar-refractivity contribution in [1.82, 2.24) is 9.88 Å². The van der Waals surface area contributed by atoms with Crippen LogP contribution in [0.5, 0.6) is 0 Å². The number of aliphatic hydroxyl groups is 1. The Morgan fingerprint density at radius 3 is 2.47 bits per heavy atom. The highest BCUT2D eigenvalue weighted by molar-refractivity contribution is 7.89. The summed E-state index contributed by atoms with van der Waals surface area (Å²) in [7, 11) is -3.69. The lowest BCUT2D eigenvalue weighted by molar-refractivity contribution is 0.0613.